The molecule has 0 atom stereocenters. The number of nitrogens with one attached hydrogen (secondary N) is 2. The first-order valence-electron chi connectivity index (χ1n) is 5.66. The molecule has 0 unspecified atom stereocenters. The number of hydrogen-bond acceptors (Lipinski definition) is 3. The molecule has 0 spiro atoms. The van der Waals surface area contributed by atoms with Gasteiger partial charge in [-0.1, -0.05) is 0 Å². The largest absolute Gasteiger partial charge is 0.481 e. The van der Waals surface area contributed by atoms with Gasteiger partial charge < -0.3 is 10.4 Å². The zero-order chi connectivity index (χ0) is 15.1. The number of halogens is 2. The lowest BCUT2D eigenvalue weighted by molar-refractivity contribution is -0.137. The van der Waals surface area contributed by atoms with Crippen LogP contribution in [0.2, 0.25) is 0 Å². The van der Waals surface area contributed by atoms with E-state index in [1.807, 2.05) is 5.32 Å². The van der Waals surface area contributed by atoms with Crippen LogP contribution in [0.4, 0.5) is 19.3 Å². The third-order valence-corrected chi connectivity index (χ3v) is 2.22. The smallest absolute Gasteiger partial charge is 0.325 e. The SMILES string of the molecule is O=C(O)CCCC(=O)NC(=O)Nc1ccc(F)c(F)c1. The summed E-state index contributed by atoms with van der Waals surface area (Å²) in [5.74, 6) is -3.88. The number of urea groups is 1. The van der Waals surface area contributed by atoms with E-state index in [-0.39, 0.29) is 24.9 Å². The maximum absolute atomic E-state index is 12.9. The van der Waals surface area contributed by atoms with E-state index < -0.39 is 29.5 Å². The molecule has 3 amide bonds. The monoisotopic (exact) mass is 286 g/mol. The molecule has 0 saturated heterocycles. The van der Waals surface area contributed by atoms with Crippen molar-refractivity contribution in [1.29, 1.82) is 0 Å². The second kappa shape index (κ2) is 7.17. The van der Waals surface area contributed by atoms with E-state index >= 15 is 0 Å². The molecule has 0 fully saturated rings. The number of benzene rings is 1. The van der Waals surface area contributed by atoms with Crippen LogP contribution in [-0.2, 0) is 9.59 Å². The van der Waals surface area contributed by atoms with Crippen molar-refractivity contribution >= 4 is 23.6 Å². The summed E-state index contributed by atoms with van der Waals surface area (Å²) in [5.41, 5.74) is -0.0141. The molecular weight excluding hydrogens is 274 g/mol. The zero-order valence-corrected chi connectivity index (χ0v) is 10.3. The summed E-state index contributed by atoms with van der Waals surface area (Å²) in [4.78, 5) is 32.8. The second-order valence-electron chi connectivity index (χ2n) is 3.88. The summed E-state index contributed by atoms with van der Waals surface area (Å²) < 4.78 is 25.5. The van der Waals surface area contributed by atoms with E-state index in [9.17, 15) is 23.2 Å². The molecule has 20 heavy (non-hydrogen) atoms. The normalized spacial score (nSPS) is 9.90. The maximum atomic E-state index is 12.9. The number of carboxylic acid groups (broad SMARTS) is 1. The molecular formula is C12H12F2N2O4. The summed E-state index contributed by atoms with van der Waals surface area (Å²) in [6, 6.07) is 1.83. The van der Waals surface area contributed by atoms with Crippen molar-refractivity contribution in [2.45, 2.75) is 19.3 Å². The molecule has 1 aromatic rings. The lowest BCUT2D eigenvalue weighted by Gasteiger charge is -2.06. The molecule has 0 aliphatic heterocycles. The Kier molecular flexibility index (Phi) is 5.57. The van der Waals surface area contributed by atoms with Gasteiger partial charge in [-0.25, -0.2) is 13.6 Å². The lowest BCUT2D eigenvalue weighted by Crippen LogP contribution is -2.34. The van der Waals surface area contributed by atoms with Crippen LogP contribution < -0.4 is 10.6 Å². The van der Waals surface area contributed by atoms with E-state index in [0.717, 1.165) is 18.2 Å². The van der Waals surface area contributed by atoms with Crippen molar-refractivity contribution in [3.63, 3.8) is 0 Å². The first-order valence-corrected chi connectivity index (χ1v) is 5.66. The number of carbonyl (C=O) groups excluding carboxylic acids is 2. The van der Waals surface area contributed by atoms with Crippen LogP contribution in [-0.4, -0.2) is 23.0 Å². The van der Waals surface area contributed by atoms with Crippen molar-refractivity contribution < 1.29 is 28.3 Å². The Bertz CT molecular complexity index is 534. The highest BCUT2D eigenvalue weighted by atomic mass is 19.2. The molecule has 0 saturated carbocycles. The number of carbonyl (C=O) groups is 3. The van der Waals surface area contributed by atoms with Crippen LogP contribution in [0.1, 0.15) is 19.3 Å². The maximum Gasteiger partial charge on any atom is 0.325 e. The van der Waals surface area contributed by atoms with Gasteiger partial charge in [-0.2, -0.15) is 0 Å². The van der Waals surface area contributed by atoms with Gasteiger partial charge in [-0.05, 0) is 18.6 Å². The molecule has 0 bridgehead atoms. The average molecular weight is 286 g/mol. The zero-order valence-electron chi connectivity index (χ0n) is 10.3. The lowest BCUT2D eigenvalue weighted by atomic mass is 10.2. The molecule has 0 heterocycles. The number of imide groups is 1. The Hall–Kier alpha value is -2.51. The molecule has 0 radical (unpaired) electrons. The predicted octanol–water partition coefficient (Wildman–Crippen LogP) is 1.87. The van der Waals surface area contributed by atoms with Crippen molar-refractivity contribution in [3.05, 3.63) is 29.8 Å². The van der Waals surface area contributed by atoms with E-state index in [1.54, 1.807) is 0 Å². The topological polar surface area (TPSA) is 95.5 Å². The number of hydrogen-bond donors (Lipinski definition) is 3. The molecule has 1 aromatic carbocycles. The molecule has 0 aromatic heterocycles. The van der Waals surface area contributed by atoms with Gasteiger partial charge in [-0.3, -0.25) is 14.9 Å². The standard InChI is InChI=1S/C12H12F2N2O4/c13-8-5-4-7(6-9(8)14)15-12(20)16-10(17)2-1-3-11(18)19/h4-6H,1-3H2,(H,18,19)(H2,15,16,17,20). The van der Waals surface area contributed by atoms with Crippen LogP contribution in [0.5, 0.6) is 0 Å². The predicted molar refractivity (Wildman–Crippen MR) is 65.0 cm³/mol. The summed E-state index contributed by atoms with van der Waals surface area (Å²) in [7, 11) is 0. The van der Waals surface area contributed by atoms with Gasteiger partial charge in [0.1, 0.15) is 0 Å². The Balaban J connectivity index is 2.41. The summed E-state index contributed by atoms with van der Waals surface area (Å²) in [6.07, 6.45) is -0.213. The van der Waals surface area contributed by atoms with E-state index in [0.29, 0.717) is 0 Å². The number of amides is 3. The average Bonchev–Trinajstić information content (AvgIpc) is 2.33. The summed E-state index contributed by atoms with van der Waals surface area (Å²) in [5, 5.41) is 12.5. The fourth-order valence-corrected chi connectivity index (χ4v) is 1.33. The minimum Gasteiger partial charge on any atom is -0.481 e. The van der Waals surface area contributed by atoms with Crippen LogP contribution in [0.3, 0.4) is 0 Å². The number of carboxylic acids is 1. The number of rotatable bonds is 5. The third kappa shape index (κ3) is 5.42. The van der Waals surface area contributed by atoms with Crippen LogP contribution in [0.15, 0.2) is 18.2 Å². The highest BCUT2D eigenvalue weighted by molar-refractivity contribution is 6.01. The molecule has 108 valence electrons. The van der Waals surface area contributed by atoms with Crippen LogP contribution in [0, 0.1) is 11.6 Å². The summed E-state index contributed by atoms with van der Waals surface area (Å²) in [6.45, 7) is 0. The number of anilines is 1. The van der Waals surface area contributed by atoms with E-state index in [2.05, 4.69) is 5.32 Å². The molecule has 1 rings (SSSR count). The van der Waals surface area contributed by atoms with Crippen molar-refractivity contribution in [1.82, 2.24) is 5.32 Å². The first-order chi connectivity index (χ1) is 9.38. The minimum atomic E-state index is -1.13. The fraction of sp³-hybridized carbons (Fsp3) is 0.250. The van der Waals surface area contributed by atoms with Crippen LogP contribution >= 0.6 is 0 Å². The van der Waals surface area contributed by atoms with Crippen molar-refractivity contribution in [2.24, 2.45) is 0 Å². The van der Waals surface area contributed by atoms with Crippen LogP contribution in [0.25, 0.3) is 0 Å². The number of aliphatic carboxylic acids is 1. The minimum absolute atomic E-state index is 0.0141. The van der Waals surface area contributed by atoms with E-state index in [1.165, 1.54) is 0 Å². The van der Waals surface area contributed by atoms with Gasteiger partial charge in [0, 0.05) is 24.6 Å². The molecule has 3 N–H and O–H groups in total. The van der Waals surface area contributed by atoms with Gasteiger partial charge in [0.15, 0.2) is 11.6 Å². The van der Waals surface area contributed by atoms with Crippen molar-refractivity contribution in [3.8, 4) is 0 Å². The highest BCUT2D eigenvalue weighted by Crippen LogP contribution is 2.12. The highest BCUT2D eigenvalue weighted by Gasteiger charge is 2.10. The molecule has 0 aliphatic rings. The fourth-order valence-electron chi connectivity index (χ4n) is 1.33. The first kappa shape index (κ1) is 15.5. The molecule has 6 nitrogen and oxygen atoms in total. The van der Waals surface area contributed by atoms with Gasteiger partial charge >= 0.3 is 12.0 Å². The Morgan fingerprint density at radius 1 is 1.10 bits per heavy atom. The molecule has 0 aliphatic carbocycles. The van der Waals surface area contributed by atoms with Crippen molar-refractivity contribution in [2.75, 3.05) is 5.32 Å². The molecule has 8 heteroatoms. The third-order valence-electron chi connectivity index (χ3n) is 2.22. The van der Waals surface area contributed by atoms with Gasteiger partial charge in [-0.15, -0.1) is 0 Å². The Morgan fingerprint density at radius 3 is 2.40 bits per heavy atom. The Labute approximate surface area is 112 Å². The second-order valence-corrected chi connectivity index (χ2v) is 3.88. The van der Waals surface area contributed by atoms with Gasteiger partial charge in [0.05, 0.1) is 0 Å². The van der Waals surface area contributed by atoms with Gasteiger partial charge in [0.2, 0.25) is 5.91 Å². The quantitative estimate of drug-likeness (QED) is 0.770. The van der Waals surface area contributed by atoms with E-state index in [4.69, 9.17) is 5.11 Å². The Morgan fingerprint density at radius 2 is 1.80 bits per heavy atom. The summed E-state index contributed by atoms with van der Waals surface area (Å²) >= 11 is 0. The van der Waals surface area contributed by atoms with Gasteiger partial charge in [0.25, 0.3) is 0 Å².